The minimum Gasteiger partial charge on any atom is -0.398 e. The summed E-state index contributed by atoms with van der Waals surface area (Å²) in [7, 11) is 0. The first-order valence-corrected chi connectivity index (χ1v) is 8.01. The molecule has 0 fully saturated rings. The Morgan fingerprint density at radius 2 is 2.00 bits per heavy atom. The zero-order valence-corrected chi connectivity index (χ0v) is 14.4. The number of amidine groups is 2. The normalized spacial score (nSPS) is 17.5. The van der Waals surface area contributed by atoms with Gasteiger partial charge in [-0.25, -0.2) is 9.98 Å². The van der Waals surface area contributed by atoms with Crippen LogP contribution in [0.25, 0.3) is 6.08 Å². The van der Waals surface area contributed by atoms with E-state index in [-0.39, 0.29) is 0 Å². The van der Waals surface area contributed by atoms with Crippen LogP contribution in [0.5, 0.6) is 0 Å². The maximum Gasteiger partial charge on any atom is 0.177 e. The summed E-state index contributed by atoms with van der Waals surface area (Å²) >= 11 is 0. The minimum atomic E-state index is 0.704. The third-order valence-electron chi connectivity index (χ3n) is 2.98. The fourth-order valence-electron chi connectivity index (χ4n) is 1.87. The van der Waals surface area contributed by atoms with E-state index in [1.165, 1.54) is 0 Å². The summed E-state index contributed by atoms with van der Waals surface area (Å²) in [5, 5.41) is 3.26. The van der Waals surface area contributed by atoms with E-state index in [1.807, 2.05) is 69.3 Å². The van der Waals surface area contributed by atoms with Gasteiger partial charge in [-0.2, -0.15) is 0 Å². The lowest BCUT2D eigenvalue weighted by Crippen LogP contribution is -2.16. The molecule has 0 unspecified atom stereocenters. The Labute approximate surface area is 139 Å². The van der Waals surface area contributed by atoms with E-state index in [0.717, 1.165) is 29.2 Å². The molecule has 23 heavy (non-hydrogen) atoms. The number of hydrogen-bond acceptors (Lipinski definition) is 3. The highest BCUT2D eigenvalue weighted by molar-refractivity contribution is 6.14. The van der Waals surface area contributed by atoms with E-state index in [4.69, 9.17) is 5.73 Å². The maximum absolute atomic E-state index is 5.91. The third kappa shape index (κ3) is 5.58. The Hall–Kier alpha value is -2.62. The highest BCUT2D eigenvalue weighted by atomic mass is 15.1. The molecule has 4 heteroatoms. The van der Waals surface area contributed by atoms with Gasteiger partial charge in [0.05, 0.1) is 5.70 Å². The Kier molecular flexibility index (Phi) is 8.14. The van der Waals surface area contributed by atoms with Gasteiger partial charge in [-0.15, -0.1) is 0 Å². The molecule has 0 amide bonds. The number of rotatable bonds is 4. The Morgan fingerprint density at radius 3 is 2.65 bits per heavy atom. The van der Waals surface area contributed by atoms with E-state index in [1.54, 1.807) is 6.20 Å². The van der Waals surface area contributed by atoms with Crippen molar-refractivity contribution in [2.45, 2.75) is 34.1 Å². The molecule has 4 nitrogen and oxygen atoms in total. The van der Waals surface area contributed by atoms with E-state index in [2.05, 4.69) is 22.2 Å². The zero-order valence-electron chi connectivity index (χ0n) is 14.4. The van der Waals surface area contributed by atoms with Crippen molar-refractivity contribution in [2.75, 3.05) is 5.73 Å². The van der Waals surface area contributed by atoms with Crippen molar-refractivity contribution < 1.29 is 0 Å². The number of aliphatic imine (C=N–C) groups is 2. The van der Waals surface area contributed by atoms with Crippen LogP contribution in [0.4, 0.5) is 5.69 Å². The van der Waals surface area contributed by atoms with Crippen LogP contribution in [0.2, 0.25) is 0 Å². The van der Waals surface area contributed by atoms with Gasteiger partial charge in [0.1, 0.15) is 5.84 Å². The third-order valence-corrected chi connectivity index (χ3v) is 2.98. The van der Waals surface area contributed by atoms with E-state index in [9.17, 15) is 0 Å². The monoisotopic (exact) mass is 310 g/mol. The summed E-state index contributed by atoms with van der Waals surface area (Å²) in [6.45, 7) is 7.99. The van der Waals surface area contributed by atoms with Crippen molar-refractivity contribution in [1.82, 2.24) is 5.32 Å². The lowest BCUT2D eigenvalue weighted by molar-refractivity contribution is 1.15. The summed E-state index contributed by atoms with van der Waals surface area (Å²) in [6.07, 6.45) is 10.4. The number of hydrogen-bond donors (Lipinski definition) is 2. The molecule has 0 spiro atoms. The largest absolute Gasteiger partial charge is 0.398 e. The Balaban J connectivity index is 0.00000127. The summed E-state index contributed by atoms with van der Waals surface area (Å²) in [5.74, 6) is 1.63. The Bertz CT molecular complexity index is 649. The first kappa shape index (κ1) is 18.4. The minimum absolute atomic E-state index is 0.704. The van der Waals surface area contributed by atoms with Crippen molar-refractivity contribution in [1.29, 1.82) is 0 Å². The molecule has 1 aromatic carbocycles. The van der Waals surface area contributed by atoms with Gasteiger partial charge in [0, 0.05) is 18.3 Å². The van der Waals surface area contributed by atoms with Gasteiger partial charge in [0.15, 0.2) is 5.84 Å². The topological polar surface area (TPSA) is 62.8 Å². The predicted molar refractivity (Wildman–Crippen MR) is 102 cm³/mol. The second-order valence-corrected chi connectivity index (χ2v) is 4.54. The molecule has 122 valence electrons. The number of nitrogens with zero attached hydrogens (tertiary/aromatic N) is 2. The average Bonchev–Trinajstić information content (AvgIpc) is 2.99. The number of benzene rings is 1. The molecule has 0 saturated carbocycles. The number of nitrogen functional groups attached to an aromatic ring is 1. The van der Waals surface area contributed by atoms with E-state index in [0.29, 0.717) is 5.84 Å². The second-order valence-electron chi connectivity index (χ2n) is 4.54. The molecule has 1 aromatic rings. The second kappa shape index (κ2) is 10.2. The van der Waals surface area contributed by atoms with Gasteiger partial charge < -0.3 is 11.1 Å². The van der Waals surface area contributed by atoms with Crippen LogP contribution in [-0.2, 0) is 0 Å². The van der Waals surface area contributed by atoms with Crippen LogP contribution in [0.15, 0.2) is 64.4 Å². The number of anilines is 1. The van der Waals surface area contributed by atoms with Crippen molar-refractivity contribution in [3.8, 4) is 0 Å². The van der Waals surface area contributed by atoms with Gasteiger partial charge in [-0.1, -0.05) is 57.2 Å². The molecule has 0 bridgehead atoms. The van der Waals surface area contributed by atoms with Crippen molar-refractivity contribution >= 4 is 23.4 Å². The predicted octanol–water partition coefficient (Wildman–Crippen LogP) is 4.54. The molecular formula is C19H26N4. The summed E-state index contributed by atoms with van der Waals surface area (Å²) in [5.41, 5.74) is 8.57. The Morgan fingerprint density at radius 1 is 1.26 bits per heavy atom. The average molecular weight is 310 g/mol. The molecule has 0 radical (unpaired) electrons. The molecule has 1 heterocycles. The molecule has 1 aliphatic rings. The number of nitrogens with two attached hydrogens (primary N) is 1. The van der Waals surface area contributed by atoms with Crippen LogP contribution in [0.3, 0.4) is 0 Å². The summed E-state index contributed by atoms with van der Waals surface area (Å²) in [4.78, 5) is 8.77. The first-order valence-electron chi connectivity index (χ1n) is 8.01. The lowest BCUT2D eigenvalue weighted by atomic mass is 10.1. The van der Waals surface area contributed by atoms with Crippen molar-refractivity contribution in [3.05, 3.63) is 60.0 Å². The number of allylic oxidation sites excluding steroid dienone is 3. The SMILES string of the molecule is CC.C\C=C/N=C1/N=C(CC)N/C1=C\C=C\c1ccccc1N. The van der Waals surface area contributed by atoms with Crippen LogP contribution in [0.1, 0.15) is 39.7 Å². The molecule has 0 saturated heterocycles. The van der Waals surface area contributed by atoms with E-state index >= 15 is 0 Å². The van der Waals surface area contributed by atoms with Crippen molar-refractivity contribution in [2.24, 2.45) is 9.98 Å². The van der Waals surface area contributed by atoms with Crippen LogP contribution in [0, 0.1) is 0 Å². The summed E-state index contributed by atoms with van der Waals surface area (Å²) in [6, 6.07) is 7.76. The van der Waals surface area contributed by atoms with Gasteiger partial charge in [-0.05, 0) is 24.6 Å². The fraction of sp³-hybridized carbons (Fsp3) is 0.263. The van der Waals surface area contributed by atoms with Crippen molar-refractivity contribution in [3.63, 3.8) is 0 Å². The lowest BCUT2D eigenvalue weighted by Gasteiger charge is -1.99. The quantitative estimate of drug-likeness (QED) is 0.802. The van der Waals surface area contributed by atoms with E-state index < -0.39 is 0 Å². The molecule has 1 aliphatic heterocycles. The highest BCUT2D eigenvalue weighted by Crippen LogP contribution is 2.13. The molecule has 2 rings (SSSR count). The standard InChI is InChI=1S/C17H20N4.C2H6/c1-3-12-19-17-15(20-16(4-2)21-17)11-7-9-13-8-5-6-10-14(13)18;1-2/h3,5-12H,4,18H2,1-2H3,(H,19,20,21);1-2H3/b9-7+,12-3-,15-11-;. The molecular weight excluding hydrogens is 284 g/mol. The summed E-state index contributed by atoms with van der Waals surface area (Å²) < 4.78 is 0. The first-order chi connectivity index (χ1) is 11.2. The highest BCUT2D eigenvalue weighted by Gasteiger charge is 2.15. The van der Waals surface area contributed by atoms with Gasteiger partial charge in [0.25, 0.3) is 0 Å². The van der Waals surface area contributed by atoms with Gasteiger partial charge in [-0.3, -0.25) is 0 Å². The number of nitrogens with one attached hydrogen (secondary N) is 1. The molecule has 0 atom stereocenters. The molecule has 0 aromatic heterocycles. The smallest absolute Gasteiger partial charge is 0.177 e. The van der Waals surface area contributed by atoms with Crippen LogP contribution < -0.4 is 11.1 Å². The van der Waals surface area contributed by atoms with Gasteiger partial charge in [0.2, 0.25) is 0 Å². The zero-order chi connectivity index (χ0) is 17.1. The molecule has 3 N–H and O–H groups in total. The van der Waals surface area contributed by atoms with Crippen LogP contribution in [-0.4, -0.2) is 11.7 Å². The fourth-order valence-corrected chi connectivity index (χ4v) is 1.87. The van der Waals surface area contributed by atoms with Gasteiger partial charge >= 0.3 is 0 Å². The van der Waals surface area contributed by atoms with Crippen LogP contribution >= 0.6 is 0 Å². The number of para-hydroxylation sites is 1. The molecule has 0 aliphatic carbocycles. The maximum atomic E-state index is 5.91.